The fraction of sp³-hybridized carbons (Fsp3) is 0. The van der Waals surface area contributed by atoms with Crippen molar-refractivity contribution in [1.29, 1.82) is 0 Å². The molecule has 0 spiro atoms. The van der Waals surface area contributed by atoms with Crippen molar-refractivity contribution in [1.82, 2.24) is 14.7 Å². The molecule has 2 rings (SSSR count). The van der Waals surface area contributed by atoms with Crippen molar-refractivity contribution in [3.05, 3.63) is 28.8 Å². The van der Waals surface area contributed by atoms with E-state index in [0.717, 1.165) is 6.07 Å². The van der Waals surface area contributed by atoms with Crippen molar-refractivity contribution >= 4 is 11.2 Å². The zero-order chi connectivity index (χ0) is 9.42. The maximum Gasteiger partial charge on any atom is 0.327 e. The SMILES string of the molecule is O=c1c(O)cc2nccnc2n1O. The van der Waals surface area contributed by atoms with E-state index < -0.39 is 11.3 Å². The van der Waals surface area contributed by atoms with Crippen LogP contribution in [0.4, 0.5) is 0 Å². The van der Waals surface area contributed by atoms with Crippen molar-refractivity contribution in [3.63, 3.8) is 0 Å². The second-order valence-electron chi connectivity index (χ2n) is 2.41. The summed E-state index contributed by atoms with van der Waals surface area (Å²) in [6, 6.07) is 1.15. The first-order valence-electron chi connectivity index (χ1n) is 3.45. The van der Waals surface area contributed by atoms with E-state index >= 15 is 0 Å². The lowest BCUT2D eigenvalue weighted by atomic mass is 10.4. The van der Waals surface area contributed by atoms with Gasteiger partial charge in [-0.15, -0.1) is 4.73 Å². The standard InChI is InChI=1S/C7H5N3O3/c11-5-3-4-6(9-2-1-8-4)10(13)7(5)12/h1-3,11,13H. The van der Waals surface area contributed by atoms with Gasteiger partial charge in [0.25, 0.3) is 0 Å². The normalized spacial score (nSPS) is 10.5. The van der Waals surface area contributed by atoms with E-state index in [1.165, 1.54) is 12.4 Å². The minimum atomic E-state index is -0.909. The summed E-state index contributed by atoms with van der Waals surface area (Å²) in [7, 11) is 0. The van der Waals surface area contributed by atoms with Crippen LogP contribution in [0.2, 0.25) is 0 Å². The number of aromatic hydroxyl groups is 1. The van der Waals surface area contributed by atoms with Crippen molar-refractivity contribution in [3.8, 4) is 5.75 Å². The van der Waals surface area contributed by atoms with Crippen LogP contribution in [0.1, 0.15) is 0 Å². The molecule has 6 nitrogen and oxygen atoms in total. The van der Waals surface area contributed by atoms with Gasteiger partial charge in [-0.2, -0.15) is 0 Å². The molecule has 0 unspecified atom stereocenters. The van der Waals surface area contributed by atoms with Crippen LogP contribution in [0.25, 0.3) is 11.2 Å². The molecule has 0 fully saturated rings. The third-order valence-electron chi connectivity index (χ3n) is 1.59. The van der Waals surface area contributed by atoms with E-state index in [1.54, 1.807) is 0 Å². The van der Waals surface area contributed by atoms with Gasteiger partial charge in [-0.05, 0) is 0 Å². The molecule has 0 aromatic carbocycles. The van der Waals surface area contributed by atoms with Gasteiger partial charge in [-0.3, -0.25) is 9.78 Å². The molecule has 0 atom stereocenters. The van der Waals surface area contributed by atoms with Crippen LogP contribution in [0.3, 0.4) is 0 Å². The summed E-state index contributed by atoms with van der Waals surface area (Å²) < 4.78 is 0.262. The maximum atomic E-state index is 11.0. The molecule has 13 heavy (non-hydrogen) atoms. The number of fused-ring (bicyclic) bond motifs is 1. The Morgan fingerprint density at radius 3 is 2.77 bits per heavy atom. The van der Waals surface area contributed by atoms with Gasteiger partial charge in [0.15, 0.2) is 11.4 Å². The predicted octanol–water partition coefficient (Wildman–Crippen LogP) is -0.266. The zero-order valence-corrected chi connectivity index (χ0v) is 6.38. The monoisotopic (exact) mass is 179 g/mol. The van der Waals surface area contributed by atoms with E-state index in [9.17, 15) is 10.0 Å². The third-order valence-corrected chi connectivity index (χ3v) is 1.59. The number of hydrogen-bond donors (Lipinski definition) is 2. The molecule has 2 heterocycles. The van der Waals surface area contributed by atoms with E-state index in [0.29, 0.717) is 0 Å². The highest BCUT2D eigenvalue weighted by Gasteiger charge is 2.07. The molecular formula is C7H5N3O3. The first-order chi connectivity index (χ1) is 6.20. The van der Waals surface area contributed by atoms with Crippen LogP contribution in [-0.4, -0.2) is 25.0 Å². The van der Waals surface area contributed by atoms with Gasteiger partial charge in [0, 0.05) is 18.5 Å². The van der Waals surface area contributed by atoms with Crippen molar-refractivity contribution < 1.29 is 10.3 Å². The average molecular weight is 179 g/mol. The first kappa shape index (κ1) is 7.53. The third kappa shape index (κ3) is 0.994. The Morgan fingerprint density at radius 2 is 2.00 bits per heavy atom. The number of rotatable bonds is 0. The maximum absolute atomic E-state index is 11.0. The Hall–Kier alpha value is -2.11. The molecule has 6 heteroatoms. The molecule has 0 aliphatic heterocycles. The topological polar surface area (TPSA) is 88.2 Å². The summed E-state index contributed by atoms with van der Waals surface area (Å²) in [6.45, 7) is 0. The minimum absolute atomic E-state index is 0.0188. The van der Waals surface area contributed by atoms with Gasteiger partial charge in [0.2, 0.25) is 0 Å². The summed E-state index contributed by atoms with van der Waals surface area (Å²) in [5, 5.41) is 18.2. The highest BCUT2D eigenvalue weighted by Crippen LogP contribution is 2.09. The lowest BCUT2D eigenvalue weighted by Crippen LogP contribution is -2.18. The lowest BCUT2D eigenvalue weighted by molar-refractivity contribution is 0.182. The van der Waals surface area contributed by atoms with Crippen molar-refractivity contribution in [2.75, 3.05) is 0 Å². The van der Waals surface area contributed by atoms with E-state index in [-0.39, 0.29) is 15.9 Å². The quantitative estimate of drug-likeness (QED) is 0.543. The minimum Gasteiger partial charge on any atom is -0.503 e. The van der Waals surface area contributed by atoms with Crippen LogP contribution in [-0.2, 0) is 0 Å². The Labute approximate surface area is 71.7 Å². The molecule has 0 radical (unpaired) electrons. The summed E-state index contributed by atoms with van der Waals surface area (Å²) >= 11 is 0. The molecule has 0 aliphatic rings. The Balaban J connectivity index is 3.02. The van der Waals surface area contributed by atoms with Crippen LogP contribution < -0.4 is 5.56 Å². The van der Waals surface area contributed by atoms with E-state index in [4.69, 9.17) is 5.11 Å². The van der Waals surface area contributed by atoms with Gasteiger partial charge < -0.3 is 10.3 Å². The second kappa shape index (κ2) is 2.44. The summed E-state index contributed by atoms with van der Waals surface area (Å²) in [6.07, 6.45) is 2.73. The molecule has 2 aromatic heterocycles. The number of nitrogens with zero attached hydrogens (tertiary/aromatic N) is 3. The zero-order valence-electron chi connectivity index (χ0n) is 6.38. The largest absolute Gasteiger partial charge is 0.503 e. The lowest BCUT2D eigenvalue weighted by Gasteiger charge is -2.00. The molecule has 0 saturated carbocycles. The molecule has 0 saturated heterocycles. The highest BCUT2D eigenvalue weighted by atomic mass is 16.5. The molecule has 0 amide bonds. The second-order valence-corrected chi connectivity index (χ2v) is 2.41. The van der Waals surface area contributed by atoms with Gasteiger partial charge in [-0.1, -0.05) is 0 Å². The summed E-state index contributed by atoms with van der Waals surface area (Å²) in [5.74, 6) is -0.560. The fourth-order valence-corrected chi connectivity index (χ4v) is 1.00. The Kier molecular flexibility index (Phi) is 1.42. The number of pyridine rings is 1. The molecule has 66 valence electrons. The Bertz CT molecular complexity index is 520. The van der Waals surface area contributed by atoms with Crippen LogP contribution in [0.5, 0.6) is 5.75 Å². The first-order valence-corrected chi connectivity index (χ1v) is 3.45. The van der Waals surface area contributed by atoms with Crippen molar-refractivity contribution in [2.24, 2.45) is 0 Å². The van der Waals surface area contributed by atoms with Crippen LogP contribution in [0.15, 0.2) is 23.3 Å². The van der Waals surface area contributed by atoms with Crippen molar-refractivity contribution in [2.45, 2.75) is 0 Å². The fourth-order valence-electron chi connectivity index (χ4n) is 1.00. The molecular weight excluding hydrogens is 174 g/mol. The summed E-state index contributed by atoms with van der Waals surface area (Å²) in [4.78, 5) is 18.5. The summed E-state index contributed by atoms with van der Waals surface area (Å²) in [5.41, 5.74) is -0.639. The van der Waals surface area contributed by atoms with Gasteiger partial charge in [0.1, 0.15) is 5.52 Å². The number of aromatic nitrogens is 3. The smallest absolute Gasteiger partial charge is 0.327 e. The number of hydrogen-bond acceptors (Lipinski definition) is 5. The average Bonchev–Trinajstić information content (AvgIpc) is 2.15. The molecule has 2 aromatic rings. The molecule has 2 N–H and O–H groups in total. The van der Waals surface area contributed by atoms with Gasteiger partial charge in [0.05, 0.1) is 0 Å². The van der Waals surface area contributed by atoms with Crippen LogP contribution in [0, 0.1) is 0 Å². The van der Waals surface area contributed by atoms with Crippen LogP contribution >= 0.6 is 0 Å². The van der Waals surface area contributed by atoms with E-state index in [1.807, 2.05) is 0 Å². The molecule has 0 aliphatic carbocycles. The molecule has 0 bridgehead atoms. The predicted molar refractivity (Wildman–Crippen MR) is 42.6 cm³/mol. The highest BCUT2D eigenvalue weighted by molar-refractivity contribution is 5.70. The van der Waals surface area contributed by atoms with E-state index in [2.05, 4.69) is 9.97 Å². The van der Waals surface area contributed by atoms with Gasteiger partial charge in [-0.25, -0.2) is 4.98 Å². The Morgan fingerprint density at radius 1 is 1.31 bits per heavy atom. The van der Waals surface area contributed by atoms with Gasteiger partial charge >= 0.3 is 5.56 Å².